The van der Waals surface area contributed by atoms with Gasteiger partial charge >= 0.3 is 0 Å². The van der Waals surface area contributed by atoms with Crippen LogP contribution in [0.2, 0.25) is 0 Å². The first-order valence-electron chi connectivity index (χ1n) is 5.82. The summed E-state index contributed by atoms with van der Waals surface area (Å²) >= 11 is 3.39. The maximum absolute atomic E-state index is 8.61. The molecule has 0 spiro atoms. The highest BCUT2D eigenvalue weighted by atomic mass is 79.9. The summed E-state index contributed by atoms with van der Waals surface area (Å²) in [7, 11) is 0. The van der Waals surface area contributed by atoms with Crippen LogP contribution in [-0.4, -0.2) is 18.3 Å². The van der Waals surface area contributed by atoms with E-state index in [1.165, 1.54) is 12.8 Å². The number of hydrogen-bond donors (Lipinski definition) is 1. The van der Waals surface area contributed by atoms with Gasteiger partial charge in [0.25, 0.3) is 0 Å². The summed E-state index contributed by atoms with van der Waals surface area (Å²) in [6.45, 7) is 1.09. The monoisotopic (exact) mass is 286 g/mol. The number of ether oxygens (including phenoxy) is 1. The van der Waals surface area contributed by atoms with Gasteiger partial charge in [-0.3, -0.25) is 0 Å². The van der Waals surface area contributed by atoms with Gasteiger partial charge in [-0.2, -0.15) is 0 Å². The van der Waals surface area contributed by atoms with Crippen LogP contribution in [0.1, 0.15) is 32.1 Å². The molecule has 0 unspecified atom stereocenters. The number of rotatable bonds is 8. The molecule has 3 heteroatoms. The summed E-state index contributed by atoms with van der Waals surface area (Å²) in [6.07, 6.45) is 5.49. The van der Waals surface area contributed by atoms with Crippen molar-refractivity contribution in [3.63, 3.8) is 0 Å². The van der Waals surface area contributed by atoms with Crippen LogP contribution in [0.3, 0.4) is 0 Å². The van der Waals surface area contributed by atoms with Gasteiger partial charge in [0.1, 0.15) is 5.75 Å². The summed E-state index contributed by atoms with van der Waals surface area (Å²) in [4.78, 5) is 0. The second kappa shape index (κ2) is 8.59. The zero-order valence-electron chi connectivity index (χ0n) is 9.49. The van der Waals surface area contributed by atoms with Crippen molar-refractivity contribution in [2.45, 2.75) is 32.1 Å². The van der Waals surface area contributed by atoms with Gasteiger partial charge in [0, 0.05) is 11.1 Å². The average molecular weight is 287 g/mol. The molecule has 1 aromatic carbocycles. The van der Waals surface area contributed by atoms with Crippen molar-refractivity contribution in [1.29, 1.82) is 0 Å². The molecule has 0 fully saturated rings. The van der Waals surface area contributed by atoms with Crippen LogP contribution in [0.5, 0.6) is 5.75 Å². The van der Waals surface area contributed by atoms with E-state index in [1.54, 1.807) is 0 Å². The largest absolute Gasteiger partial charge is 0.494 e. The van der Waals surface area contributed by atoms with E-state index < -0.39 is 0 Å². The molecule has 1 rings (SSSR count). The van der Waals surface area contributed by atoms with Gasteiger partial charge in [-0.15, -0.1) is 0 Å². The van der Waals surface area contributed by atoms with Crippen LogP contribution < -0.4 is 4.74 Å². The second-order valence-electron chi connectivity index (χ2n) is 3.79. The predicted molar refractivity (Wildman–Crippen MR) is 69.8 cm³/mol. The average Bonchev–Trinajstić information content (AvgIpc) is 2.30. The predicted octanol–water partition coefficient (Wildman–Crippen LogP) is 3.77. The maximum Gasteiger partial charge on any atom is 0.119 e. The lowest BCUT2D eigenvalue weighted by atomic mass is 10.1. The van der Waals surface area contributed by atoms with Gasteiger partial charge in [-0.25, -0.2) is 0 Å². The standard InChI is InChI=1S/C13H19BrO2/c14-12-6-8-13(9-7-12)16-11-5-3-1-2-4-10-15/h6-9,15H,1-5,10-11H2. The number of unbranched alkanes of at least 4 members (excludes halogenated alkanes) is 4. The number of aliphatic hydroxyl groups excluding tert-OH is 1. The van der Waals surface area contributed by atoms with E-state index in [9.17, 15) is 0 Å². The summed E-state index contributed by atoms with van der Waals surface area (Å²) in [6, 6.07) is 7.90. The molecule has 2 nitrogen and oxygen atoms in total. The fourth-order valence-corrected chi connectivity index (χ4v) is 1.73. The molecular formula is C13H19BrO2. The van der Waals surface area contributed by atoms with Gasteiger partial charge < -0.3 is 9.84 Å². The van der Waals surface area contributed by atoms with Crippen LogP contribution in [0.15, 0.2) is 28.7 Å². The van der Waals surface area contributed by atoms with Crippen LogP contribution in [0, 0.1) is 0 Å². The van der Waals surface area contributed by atoms with Gasteiger partial charge in [0.2, 0.25) is 0 Å². The van der Waals surface area contributed by atoms with E-state index in [2.05, 4.69) is 15.9 Å². The molecular weight excluding hydrogens is 268 g/mol. The highest BCUT2D eigenvalue weighted by molar-refractivity contribution is 9.10. The molecule has 90 valence electrons. The van der Waals surface area contributed by atoms with Crippen molar-refractivity contribution in [3.8, 4) is 5.75 Å². The third-order valence-electron chi connectivity index (χ3n) is 2.38. The van der Waals surface area contributed by atoms with Crippen molar-refractivity contribution in [3.05, 3.63) is 28.7 Å². The topological polar surface area (TPSA) is 29.5 Å². The zero-order valence-corrected chi connectivity index (χ0v) is 11.1. The summed E-state index contributed by atoms with van der Waals surface area (Å²) in [5.41, 5.74) is 0. The number of aliphatic hydroxyl groups is 1. The smallest absolute Gasteiger partial charge is 0.119 e. The van der Waals surface area contributed by atoms with E-state index in [4.69, 9.17) is 9.84 Å². The lowest BCUT2D eigenvalue weighted by Crippen LogP contribution is -1.97. The van der Waals surface area contributed by atoms with E-state index in [1.807, 2.05) is 24.3 Å². The summed E-state index contributed by atoms with van der Waals surface area (Å²) in [5.74, 6) is 0.929. The van der Waals surface area contributed by atoms with Gasteiger partial charge in [-0.05, 0) is 37.1 Å². The van der Waals surface area contributed by atoms with E-state index in [0.29, 0.717) is 6.61 Å². The Morgan fingerprint density at radius 2 is 1.56 bits per heavy atom. The van der Waals surface area contributed by atoms with Gasteiger partial charge in [0.05, 0.1) is 6.61 Å². The van der Waals surface area contributed by atoms with Crippen molar-refractivity contribution < 1.29 is 9.84 Å². The minimum Gasteiger partial charge on any atom is -0.494 e. The third kappa shape index (κ3) is 6.13. The molecule has 0 aromatic heterocycles. The minimum absolute atomic E-state index is 0.315. The van der Waals surface area contributed by atoms with Gasteiger partial charge in [-0.1, -0.05) is 35.2 Å². The molecule has 0 aliphatic heterocycles. The van der Waals surface area contributed by atoms with Crippen molar-refractivity contribution in [2.24, 2.45) is 0 Å². The lowest BCUT2D eigenvalue weighted by Gasteiger charge is -2.05. The van der Waals surface area contributed by atoms with E-state index >= 15 is 0 Å². The molecule has 0 saturated heterocycles. The Kier molecular flexibility index (Phi) is 7.26. The normalized spacial score (nSPS) is 10.4. The van der Waals surface area contributed by atoms with Crippen LogP contribution in [-0.2, 0) is 0 Å². The first-order chi connectivity index (χ1) is 7.83. The number of hydrogen-bond acceptors (Lipinski definition) is 2. The first-order valence-corrected chi connectivity index (χ1v) is 6.61. The summed E-state index contributed by atoms with van der Waals surface area (Å²) < 4.78 is 6.67. The Morgan fingerprint density at radius 3 is 2.25 bits per heavy atom. The second-order valence-corrected chi connectivity index (χ2v) is 4.71. The Balaban J connectivity index is 2.01. The Morgan fingerprint density at radius 1 is 0.938 bits per heavy atom. The van der Waals surface area contributed by atoms with Gasteiger partial charge in [0.15, 0.2) is 0 Å². The highest BCUT2D eigenvalue weighted by Gasteiger charge is 1.94. The van der Waals surface area contributed by atoms with Crippen LogP contribution in [0.4, 0.5) is 0 Å². The molecule has 0 aliphatic rings. The van der Waals surface area contributed by atoms with Crippen molar-refractivity contribution in [2.75, 3.05) is 13.2 Å². The molecule has 1 N–H and O–H groups in total. The van der Waals surface area contributed by atoms with E-state index in [-0.39, 0.29) is 0 Å². The minimum atomic E-state index is 0.315. The zero-order chi connectivity index (χ0) is 11.6. The third-order valence-corrected chi connectivity index (χ3v) is 2.91. The molecule has 0 atom stereocenters. The fourth-order valence-electron chi connectivity index (χ4n) is 1.47. The molecule has 1 aromatic rings. The van der Waals surface area contributed by atoms with E-state index in [0.717, 1.165) is 36.1 Å². The molecule has 0 radical (unpaired) electrons. The number of halogens is 1. The molecule has 0 bridgehead atoms. The summed E-state index contributed by atoms with van der Waals surface area (Å²) in [5, 5.41) is 8.61. The van der Waals surface area contributed by atoms with Crippen molar-refractivity contribution in [1.82, 2.24) is 0 Å². The quantitative estimate of drug-likeness (QED) is 0.737. The Bertz CT molecular complexity index is 272. The maximum atomic E-state index is 8.61. The molecule has 0 heterocycles. The Labute approximate surface area is 106 Å². The molecule has 0 aliphatic carbocycles. The Hall–Kier alpha value is -0.540. The van der Waals surface area contributed by atoms with Crippen LogP contribution in [0.25, 0.3) is 0 Å². The SMILES string of the molecule is OCCCCCCCOc1ccc(Br)cc1. The highest BCUT2D eigenvalue weighted by Crippen LogP contribution is 2.16. The van der Waals surface area contributed by atoms with Crippen molar-refractivity contribution >= 4 is 15.9 Å². The lowest BCUT2D eigenvalue weighted by molar-refractivity contribution is 0.278. The van der Waals surface area contributed by atoms with Crippen LogP contribution >= 0.6 is 15.9 Å². The number of benzene rings is 1. The molecule has 16 heavy (non-hydrogen) atoms. The molecule has 0 saturated carbocycles. The first kappa shape index (κ1) is 13.5. The fraction of sp³-hybridized carbons (Fsp3) is 0.538. The molecule has 0 amide bonds.